The highest BCUT2D eigenvalue weighted by Crippen LogP contribution is 2.44. The molecule has 0 saturated carbocycles. The predicted octanol–water partition coefficient (Wildman–Crippen LogP) is 3.33. The van der Waals surface area contributed by atoms with Gasteiger partial charge in [0.15, 0.2) is 0 Å². The first-order chi connectivity index (χ1) is 15.8. The number of nitrogens with zero attached hydrogens (tertiary/aromatic N) is 2. The van der Waals surface area contributed by atoms with Gasteiger partial charge in [-0.2, -0.15) is 0 Å². The van der Waals surface area contributed by atoms with Crippen LogP contribution in [0.25, 0.3) is 10.8 Å². The van der Waals surface area contributed by atoms with Gasteiger partial charge in [0.25, 0.3) is 5.91 Å². The van der Waals surface area contributed by atoms with Crippen molar-refractivity contribution in [2.24, 2.45) is 11.7 Å². The van der Waals surface area contributed by atoms with E-state index in [-0.39, 0.29) is 35.8 Å². The Balaban J connectivity index is 1.65. The Labute approximate surface area is 190 Å². The summed E-state index contributed by atoms with van der Waals surface area (Å²) in [7, 11) is 0. The highest BCUT2D eigenvalue weighted by atomic mass is 19.1. The number of benzene rings is 2. The fourth-order valence-electron chi connectivity index (χ4n) is 5.03. The lowest BCUT2D eigenvalue weighted by Gasteiger charge is -2.30. The molecule has 0 bridgehead atoms. The number of aromatic nitrogens is 1. The van der Waals surface area contributed by atoms with Gasteiger partial charge in [0, 0.05) is 30.5 Å². The number of ether oxygens (including phenoxy) is 1. The summed E-state index contributed by atoms with van der Waals surface area (Å²) in [6, 6.07) is 11.4. The lowest BCUT2D eigenvalue weighted by Crippen LogP contribution is -2.36. The predicted molar refractivity (Wildman–Crippen MR) is 123 cm³/mol. The highest BCUT2D eigenvalue weighted by Gasteiger charge is 2.48. The maximum absolute atomic E-state index is 13.6. The number of nitrogens with one attached hydrogen (secondary N) is 1. The van der Waals surface area contributed by atoms with Crippen LogP contribution in [0, 0.1) is 11.7 Å². The molecular formula is C25H25FN4O3. The van der Waals surface area contributed by atoms with Gasteiger partial charge in [0.05, 0.1) is 23.8 Å². The van der Waals surface area contributed by atoms with Crippen molar-refractivity contribution in [1.82, 2.24) is 10.3 Å². The Morgan fingerprint density at radius 3 is 2.70 bits per heavy atom. The summed E-state index contributed by atoms with van der Waals surface area (Å²) in [6.45, 7) is 4.39. The van der Waals surface area contributed by atoms with Crippen LogP contribution >= 0.6 is 0 Å². The van der Waals surface area contributed by atoms with Crippen molar-refractivity contribution in [3.05, 3.63) is 65.6 Å². The number of primary amides is 1. The van der Waals surface area contributed by atoms with E-state index >= 15 is 0 Å². The fraction of sp³-hybridized carbons (Fsp3) is 0.320. The van der Waals surface area contributed by atoms with E-state index < -0.39 is 5.91 Å². The van der Waals surface area contributed by atoms with Crippen LogP contribution in [-0.4, -0.2) is 35.5 Å². The van der Waals surface area contributed by atoms with Gasteiger partial charge >= 0.3 is 0 Å². The third kappa shape index (κ3) is 3.75. The number of anilines is 1. The number of pyridine rings is 1. The molecule has 5 rings (SSSR count). The van der Waals surface area contributed by atoms with Crippen LogP contribution < -0.4 is 20.7 Å². The second-order valence-corrected chi connectivity index (χ2v) is 8.94. The number of fused-ring (bicyclic) bond motifs is 2. The number of hydrogen-bond acceptors (Lipinski definition) is 5. The standard InChI is InChI=1S/C25H25FN4O3/c1-13(2)33-20-11-18-15(9-19(20)24(27)32)7-8-28-25(18)30-12-16-10-21(31)29-22(16)23(30)14-3-5-17(26)6-4-14/h3-9,11,13,16,22-23H,10,12H2,1-2H3,(H2,27,32)(H,29,31). The molecule has 0 radical (unpaired) electrons. The molecular weight excluding hydrogens is 423 g/mol. The molecule has 3 N–H and O–H groups in total. The van der Waals surface area contributed by atoms with Crippen LogP contribution in [0.15, 0.2) is 48.7 Å². The Kier molecular flexibility index (Phi) is 5.15. The molecule has 3 aromatic rings. The molecule has 2 saturated heterocycles. The number of halogens is 1. The van der Waals surface area contributed by atoms with Crippen LogP contribution in [0.5, 0.6) is 5.75 Å². The number of carbonyl (C=O) groups is 2. The minimum absolute atomic E-state index is 0.0290. The highest BCUT2D eigenvalue weighted by molar-refractivity contribution is 6.03. The summed E-state index contributed by atoms with van der Waals surface area (Å²) in [6.07, 6.45) is 1.99. The largest absolute Gasteiger partial charge is 0.490 e. The minimum atomic E-state index is -0.562. The lowest BCUT2D eigenvalue weighted by atomic mass is 9.95. The van der Waals surface area contributed by atoms with E-state index in [1.165, 1.54) is 12.1 Å². The van der Waals surface area contributed by atoms with Gasteiger partial charge in [-0.25, -0.2) is 9.37 Å². The number of hydrogen-bond donors (Lipinski definition) is 2. The molecule has 33 heavy (non-hydrogen) atoms. The Bertz CT molecular complexity index is 1240. The maximum atomic E-state index is 13.6. The average Bonchev–Trinajstić information content (AvgIpc) is 3.29. The van der Waals surface area contributed by atoms with E-state index in [0.29, 0.717) is 24.3 Å². The molecule has 170 valence electrons. The number of amides is 2. The van der Waals surface area contributed by atoms with E-state index in [9.17, 15) is 14.0 Å². The van der Waals surface area contributed by atoms with E-state index in [4.69, 9.17) is 15.5 Å². The van der Waals surface area contributed by atoms with E-state index in [0.717, 1.165) is 22.2 Å². The maximum Gasteiger partial charge on any atom is 0.252 e. The first kappa shape index (κ1) is 21.2. The van der Waals surface area contributed by atoms with Gasteiger partial charge in [-0.1, -0.05) is 12.1 Å². The topological polar surface area (TPSA) is 97.6 Å². The van der Waals surface area contributed by atoms with E-state index in [1.807, 2.05) is 26.0 Å². The summed E-state index contributed by atoms with van der Waals surface area (Å²) in [5, 5.41) is 4.73. The molecule has 2 fully saturated rings. The zero-order valence-corrected chi connectivity index (χ0v) is 18.4. The minimum Gasteiger partial charge on any atom is -0.490 e. The van der Waals surface area contributed by atoms with Crippen LogP contribution in [0.4, 0.5) is 10.2 Å². The summed E-state index contributed by atoms with van der Waals surface area (Å²) in [5.41, 5.74) is 6.83. The molecule has 3 atom stereocenters. The summed E-state index contributed by atoms with van der Waals surface area (Å²) >= 11 is 0. The summed E-state index contributed by atoms with van der Waals surface area (Å²) in [5.74, 6) is 0.393. The number of nitrogens with two attached hydrogens (primary N) is 1. The zero-order chi connectivity index (χ0) is 23.3. The molecule has 2 aliphatic rings. The van der Waals surface area contributed by atoms with Gasteiger partial charge in [0.2, 0.25) is 5.91 Å². The van der Waals surface area contributed by atoms with Crippen molar-refractivity contribution in [3.63, 3.8) is 0 Å². The van der Waals surface area contributed by atoms with Crippen LogP contribution in [-0.2, 0) is 4.79 Å². The van der Waals surface area contributed by atoms with Gasteiger partial charge in [-0.3, -0.25) is 9.59 Å². The molecule has 7 nitrogen and oxygen atoms in total. The monoisotopic (exact) mass is 448 g/mol. The first-order valence-corrected chi connectivity index (χ1v) is 11.0. The number of rotatable bonds is 5. The molecule has 1 aromatic heterocycles. The summed E-state index contributed by atoms with van der Waals surface area (Å²) < 4.78 is 19.5. The van der Waals surface area contributed by atoms with Crippen molar-refractivity contribution in [3.8, 4) is 5.75 Å². The van der Waals surface area contributed by atoms with Crippen LogP contribution in [0.2, 0.25) is 0 Å². The van der Waals surface area contributed by atoms with Crippen molar-refractivity contribution >= 4 is 28.4 Å². The normalized spacial score (nSPS) is 22.0. The number of carbonyl (C=O) groups excluding carboxylic acids is 2. The molecule has 0 aliphatic carbocycles. The quantitative estimate of drug-likeness (QED) is 0.624. The third-order valence-electron chi connectivity index (χ3n) is 6.35. The second kappa shape index (κ2) is 8.03. The zero-order valence-electron chi connectivity index (χ0n) is 18.4. The molecule has 2 aromatic carbocycles. The first-order valence-electron chi connectivity index (χ1n) is 11.0. The Hall–Kier alpha value is -3.68. The smallest absolute Gasteiger partial charge is 0.252 e. The van der Waals surface area contributed by atoms with Crippen molar-refractivity contribution in [2.75, 3.05) is 11.4 Å². The van der Waals surface area contributed by atoms with Crippen molar-refractivity contribution < 1.29 is 18.7 Å². The summed E-state index contributed by atoms with van der Waals surface area (Å²) in [4.78, 5) is 31.0. The third-order valence-corrected chi connectivity index (χ3v) is 6.35. The van der Waals surface area contributed by atoms with Crippen LogP contribution in [0.3, 0.4) is 0 Å². The molecule has 3 heterocycles. The SMILES string of the molecule is CC(C)Oc1cc2c(N3CC4CC(=O)NC4C3c3ccc(F)cc3)nccc2cc1C(N)=O. The van der Waals surface area contributed by atoms with Gasteiger partial charge in [-0.15, -0.1) is 0 Å². The van der Waals surface area contributed by atoms with Crippen molar-refractivity contribution in [2.45, 2.75) is 38.5 Å². The fourth-order valence-corrected chi connectivity index (χ4v) is 5.03. The molecule has 0 spiro atoms. The second-order valence-electron chi connectivity index (χ2n) is 8.94. The van der Waals surface area contributed by atoms with Gasteiger partial charge in [-0.05, 0) is 55.1 Å². The Morgan fingerprint density at radius 2 is 2.00 bits per heavy atom. The lowest BCUT2D eigenvalue weighted by molar-refractivity contribution is -0.119. The molecule has 3 unspecified atom stereocenters. The molecule has 2 aliphatic heterocycles. The molecule has 2 amide bonds. The van der Waals surface area contributed by atoms with E-state index in [2.05, 4.69) is 10.2 Å². The van der Waals surface area contributed by atoms with Gasteiger partial charge in [0.1, 0.15) is 17.4 Å². The van der Waals surface area contributed by atoms with Gasteiger partial charge < -0.3 is 20.7 Å². The molecule has 8 heteroatoms. The van der Waals surface area contributed by atoms with Crippen molar-refractivity contribution in [1.29, 1.82) is 0 Å². The van der Waals surface area contributed by atoms with Crippen LogP contribution in [0.1, 0.15) is 42.2 Å². The van der Waals surface area contributed by atoms with E-state index in [1.54, 1.807) is 24.4 Å². The Morgan fingerprint density at radius 1 is 1.24 bits per heavy atom. The average molecular weight is 448 g/mol.